The average Bonchev–Trinajstić information content (AvgIpc) is 2.48. The molecule has 1 heterocycles. The number of benzene rings is 1. The van der Waals surface area contributed by atoms with Crippen molar-refractivity contribution in [1.82, 2.24) is 4.72 Å². The van der Waals surface area contributed by atoms with Crippen molar-refractivity contribution < 1.29 is 17.9 Å². The van der Waals surface area contributed by atoms with E-state index in [1.165, 1.54) is 13.2 Å². The number of ether oxygens (including phenoxy) is 2. The van der Waals surface area contributed by atoms with Crippen molar-refractivity contribution in [3.05, 3.63) is 17.7 Å². The maximum atomic E-state index is 12.4. The molecule has 1 aromatic rings. The van der Waals surface area contributed by atoms with Crippen molar-refractivity contribution in [3.8, 4) is 5.75 Å². The lowest BCUT2D eigenvalue weighted by Gasteiger charge is -2.22. The molecule has 21 heavy (non-hydrogen) atoms. The fraction of sp³-hybridized carbons (Fsp3) is 0.571. The van der Waals surface area contributed by atoms with Crippen LogP contribution in [0.25, 0.3) is 0 Å². The van der Waals surface area contributed by atoms with Gasteiger partial charge in [0.15, 0.2) is 0 Å². The van der Waals surface area contributed by atoms with E-state index < -0.39 is 10.0 Å². The quantitative estimate of drug-likeness (QED) is 0.799. The maximum absolute atomic E-state index is 12.4. The first-order chi connectivity index (χ1) is 9.94. The van der Waals surface area contributed by atoms with Gasteiger partial charge in [-0.3, -0.25) is 0 Å². The summed E-state index contributed by atoms with van der Waals surface area (Å²) in [5.41, 5.74) is 7.02. The first-order valence-corrected chi connectivity index (χ1v) is 8.44. The van der Waals surface area contributed by atoms with Crippen LogP contribution in [-0.4, -0.2) is 35.3 Å². The van der Waals surface area contributed by atoms with Crippen LogP contribution < -0.4 is 15.2 Å². The summed E-state index contributed by atoms with van der Waals surface area (Å²) in [6, 6.07) is 3.07. The third kappa shape index (κ3) is 3.87. The van der Waals surface area contributed by atoms with Gasteiger partial charge in [-0.25, -0.2) is 13.1 Å². The zero-order valence-corrected chi connectivity index (χ0v) is 13.2. The Balaban J connectivity index is 2.16. The third-order valence-electron chi connectivity index (χ3n) is 3.66. The Morgan fingerprint density at radius 3 is 2.86 bits per heavy atom. The highest BCUT2D eigenvalue weighted by Crippen LogP contribution is 2.28. The van der Waals surface area contributed by atoms with Crippen LogP contribution in [0.2, 0.25) is 0 Å². The van der Waals surface area contributed by atoms with Crippen LogP contribution in [0.15, 0.2) is 17.0 Å². The molecule has 0 aromatic heterocycles. The van der Waals surface area contributed by atoms with Gasteiger partial charge >= 0.3 is 0 Å². The smallest absolute Gasteiger partial charge is 0.244 e. The van der Waals surface area contributed by atoms with E-state index >= 15 is 0 Å². The molecule has 0 bridgehead atoms. The average molecular weight is 314 g/mol. The number of hydrogen-bond donors (Lipinski definition) is 2. The number of sulfonamides is 1. The highest BCUT2D eigenvalue weighted by atomic mass is 32.2. The van der Waals surface area contributed by atoms with Crippen LogP contribution in [0.1, 0.15) is 18.4 Å². The maximum Gasteiger partial charge on any atom is 0.244 e. The molecule has 3 N–H and O–H groups in total. The molecule has 0 saturated carbocycles. The minimum atomic E-state index is -3.65. The summed E-state index contributed by atoms with van der Waals surface area (Å²) >= 11 is 0. The second-order valence-electron chi connectivity index (χ2n) is 5.29. The predicted octanol–water partition coefficient (Wildman–Crippen LogP) is 1.29. The number of nitrogen functional groups attached to an aromatic ring is 1. The molecule has 1 unspecified atom stereocenters. The summed E-state index contributed by atoms with van der Waals surface area (Å²) in [4.78, 5) is 0.0739. The number of nitrogens with two attached hydrogens (primary N) is 1. The minimum absolute atomic E-state index is 0.0739. The highest BCUT2D eigenvalue weighted by Gasteiger charge is 2.23. The second-order valence-corrected chi connectivity index (χ2v) is 7.03. The Morgan fingerprint density at radius 1 is 1.48 bits per heavy atom. The lowest BCUT2D eigenvalue weighted by Crippen LogP contribution is -2.33. The molecule has 118 valence electrons. The Hall–Kier alpha value is -1.31. The van der Waals surface area contributed by atoms with Gasteiger partial charge in [0.05, 0.1) is 13.7 Å². The molecule has 0 aliphatic carbocycles. The van der Waals surface area contributed by atoms with Crippen molar-refractivity contribution in [2.45, 2.75) is 24.7 Å². The standard InChI is InChI=1S/C14H22N2O4S/c1-10-6-13(19-2)14(7-12(10)15)21(17,18)16-8-11-4-3-5-20-9-11/h6-7,11,16H,3-5,8-9,15H2,1-2H3. The molecule has 7 heteroatoms. The lowest BCUT2D eigenvalue weighted by molar-refractivity contribution is 0.0568. The number of hydrogen-bond acceptors (Lipinski definition) is 5. The normalized spacial score (nSPS) is 19.4. The molecule has 6 nitrogen and oxygen atoms in total. The Labute approximate surface area is 125 Å². The molecule has 1 saturated heterocycles. The molecular formula is C14H22N2O4S. The Morgan fingerprint density at radius 2 is 2.24 bits per heavy atom. The molecule has 1 atom stereocenters. The molecule has 1 aromatic carbocycles. The van der Waals surface area contributed by atoms with E-state index in [2.05, 4.69) is 4.72 Å². The molecule has 1 aliphatic rings. The van der Waals surface area contributed by atoms with E-state index in [4.69, 9.17) is 15.2 Å². The van der Waals surface area contributed by atoms with Gasteiger partial charge in [-0.15, -0.1) is 0 Å². The highest BCUT2D eigenvalue weighted by molar-refractivity contribution is 7.89. The van der Waals surface area contributed by atoms with E-state index in [9.17, 15) is 8.42 Å². The van der Waals surface area contributed by atoms with Gasteiger partial charge in [-0.2, -0.15) is 0 Å². The van der Waals surface area contributed by atoms with Crippen molar-refractivity contribution in [2.24, 2.45) is 5.92 Å². The third-order valence-corrected chi connectivity index (χ3v) is 5.10. The van der Waals surface area contributed by atoms with Crippen molar-refractivity contribution in [3.63, 3.8) is 0 Å². The van der Waals surface area contributed by atoms with Gasteiger partial charge in [0.2, 0.25) is 10.0 Å². The van der Waals surface area contributed by atoms with Gasteiger partial charge in [-0.05, 0) is 43.4 Å². The van der Waals surface area contributed by atoms with Crippen molar-refractivity contribution in [2.75, 3.05) is 32.6 Å². The van der Waals surface area contributed by atoms with Gasteiger partial charge in [0.1, 0.15) is 10.6 Å². The second kappa shape index (κ2) is 6.64. The van der Waals surface area contributed by atoms with Gasteiger partial charge in [-0.1, -0.05) is 0 Å². The van der Waals surface area contributed by atoms with Crippen molar-refractivity contribution in [1.29, 1.82) is 0 Å². The molecule has 0 radical (unpaired) electrons. The monoisotopic (exact) mass is 314 g/mol. The zero-order chi connectivity index (χ0) is 15.5. The minimum Gasteiger partial charge on any atom is -0.495 e. The summed E-state index contributed by atoms with van der Waals surface area (Å²) in [7, 11) is -2.21. The molecule has 2 rings (SSSR count). The summed E-state index contributed by atoms with van der Waals surface area (Å²) < 4.78 is 38.0. The molecular weight excluding hydrogens is 292 g/mol. The van der Waals surface area contributed by atoms with E-state index in [-0.39, 0.29) is 10.8 Å². The Kier molecular flexibility index (Phi) is 5.08. The van der Waals surface area contributed by atoms with E-state index in [1.54, 1.807) is 13.0 Å². The molecule has 1 aliphatic heterocycles. The van der Waals surface area contributed by atoms with Gasteiger partial charge in [0, 0.05) is 18.8 Å². The Bertz CT molecular complexity index is 595. The number of anilines is 1. The van der Waals surface area contributed by atoms with Crippen LogP contribution in [0, 0.1) is 12.8 Å². The first kappa shape index (κ1) is 16.1. The van der Waals surface area contributed by atoms with Gasteiger partial charge in [0.25, 0.3) is 0 Å². The predicted molar refractivity (Wildman–Crippen MR) is 80.9 cm³/mol. The SMILES string of the molecule is COc1cc(C)c(N)cc1S(=O)(=O)NCC1CCCOC1. The molecule has 0 amide bonds. The fourth-order valence-corrected chi connectivity index (χ4v) is 3.62. The van der Waals surface area contributed by atoms with Crippen LogP contribution in [-0.2, 0) is 14.8 Å². The van der Waals surface area contributed by atoms with Crippen LogP contribution in [0.3, 0.4) is 0 Å². The van der Waals surface area contributed by atoms with Crippen LogP contribution in [0.4, 0.5) is 5.69 Å². The van der Waals surface area contributed by atoms with E-state index in [1.807, 2.05) is 0 Å². The zero-order valence-electron chi connectivity index (χ0n) is 12.4. The number of aryl methyl sites for hydroxylation is 1. The lowest BCUT2D eigenvalue weighted by atomic mass is 10.0. The fourth-order valence-electron chi connectivity index (χ4n) is 2.32. The number of nitrogens with one attached hydrogen (secondary N) is 1. The molecule has 0 spiro atoms. The summed E-state index contributed by atoms with van der Waals surface area (Å²) in [6.07, 6.45) is 1.93. The molecule has 1 fully saturated rings. The topological polar surface area (TPSA) is 90.7 Å². The van der Waals surface area contributed by atoms with Crippen molar-refractivity contribution >= 4 is 15.7 Å². The number of methoxy groups -OCH3 is 1. The summed E-state index contributed by atoms with van der Waals surface area (Å²) in [5.74, 6) is 0.511. The first-order valence-electron chi connectivity index (χ1n) is 6.95. The van der Waals surface area contributed by atoms with Crippen LogP contribution >= 0.6 is 0 Å². The summed E-state index contributed by atoms with van der Waals surface area (Å²) in [6.45, 7) is 3.52. The number of rotatable bonds is 5. The van der Waals surface area contributed by atoms with Crippen LogP contribution in [0.5, 0.6) is 5.75 Å². The largest absolute Gasteiger partial charge is 0.495 e. The van der Waals surface area contributed by atoms with E-state index in [0.717, 1.165) is 25.0 Å². The van der Waals surface area contributed by atoms with E-state index in [0.29, 0.717) is 24.6 Å². The van der Waals surface area contributed by atoms with Gasteiger partial charge < -0.3 is 15.2 Å². The summed E-state index contributed by atoms with van der Waals surface area (Å²) in [5, 5.41) is 0.